The van der Waals surface area contributed by atoms with Crippen LogP contribution in [0.1, 0.15) is 23.2 Å². The van der Waals surface area contributed by atoms with Gasteiger partial charge in [-0.05, 0) is 31.0 Å². The highest BCUT2D eigenvalue weighted by Gasteiger charge is 2.26. The lowest BCUT2D eigenvalue weighted by Crippen LogP contribution is -2.49. The summed E-state index contributed by atoms with van der Waals surface area (Å²) in [5.41, 5.74) is 0.432. The van der Waals surface area contributed by atoms with Crippen LogP contribution in [0.15, 0.2) is 30.2 Å². The second kappa shape index (κ2) is 7.00. The first-order valence-electron chi connectivity index (χ1n) is 6.71. The van der Waals surface area contributed by atoms with Crippen LogP contribution in [0.2, 0.25) is 10.0 Å². The molecule has 0 aromatic heterocycles. The molecule has 1 aromatic carbocycles. The zero-order valence-electron chi connectivity index (χ0n) is 11.8. The van der Waals surface area contributed by atoms with Crippen molar-refractivity contribution in [2.75, 3.05) is 13.1 Å². The summed E-state index contributed by atoms with van der Waals surface area (Å²) in [6.07, 6.45) is 1.40. The maximum Gasteiger partial charge on any atom is 0.253 e. The Bertz CT molecular complexity index is 691. The van der Waals surface area contributed by atoms with Gasteiger partial charge in [0, 0.05) is 30.1 Å². The molecule has 0 aliphatic carbocycles. The molecule has 1 saturated heterocycles. The van der Waals surface area contributed by atoms with Gasteiger partial charge in [0.2, 0.25) is 10.0 Å². The Hall–Kier alpha value is -1.08. The molecular weight excluding hydrogens is 347 g/mol. The lowest BCUT2D eigenvalue weighted by atomic mass is 10.1. The van der Waals surface area contributed by atoms with E-state index in [4.69, 9.17) is 23.2 Å². The third-order valence-corrected chi connectivity index (χ3v) is 5.27. The number of likely N-dealkylation sites (tertiary alicyclic amines) is 1. The lowest BCUT2D eigenvalue weighted by Gasteiger charge is -2.32. The van der Waals surface area contributed by atoms with E-state index in [2.05, 4.69) is 11.3 Å². The SMILES string of the molecule is C=CS(=O)(=O)N[C@H]1CCCN(C(=O)c2ccc(Cl)c(Cl)c2)C1. The molecule has 1 N–H and O–H groups in total. The molecule has 0 radical (unpaired) electrons. The van der Waals surface area contributed by atoms with Gasteiger partial charge in [-0.15, -0.1) is 0 Å². The predicted octanol–water partition coefficient (Wildman–Crippen LogP) is 2.66. The van der Waals surface area contributed by atoms with Gasteiger partial charge in [0.15, 0.2) is 0 Å². The molecule has 1 aromatic rings. The van der Waals surface area contributed by atoms with Crippen molar-refractivity contribution >= 4 is 39.1 Å². The van der Waals surface area contributed by atoms with E-state index in [9.17, 15) is 13.2 Å². The van der Waals surface area contributed by atoms with Crippen LogP contribution in [0.4, 0.5) is 0 Å². The van der Waals surface area contributed by atoms with Crippen molar-refractivity contribution in [2.45, 2.75) is 18.9 Å². The first-order valence-corrected chi connectivity index (χ1v) is 9.02. The molecule has 1 atom stereocenters. The van der Waals surface area contributed by atoms with Crippen LogP contribution < -0.4 is 4.72 Å². The van der Waals surface area contributed by atoms with Gasteiger partial charge in [0.25, 0.3) is 5.91 Å². The smallest absolute Gasteiger partial charge is 0.253 e. The molecule has 120 valence electrons. The third kappa shape index (κ3) is 4.23. The Morgan fingerprint density at radius 2 is 2.09 bits per heavy atom. The van der Waals surface area contributed by atoms with Crippen molar-refractivity contribution in [3.63, 3.8) is 0 Å². The van der Waals surface area contributed by atoms with Crippen LogP contribution in [0.5, 0.6) is 0 Å². The molecular formula is C14H16Cl2N2O3S. The minimum atomic E-state index is -3.51. The third-order valence-electron chi connectivity index (χ3n) is 3.43. The largest absolute Gasteiger partial charge is 0.337 e. The predicted molar refractivity (Wildman–Crippen MR) is 87.6 cm³/mol. The highest BCUT2D eigenvalue weighted by Crippen LogP contribution is 2.24. The number of sulfonamides is 1. The van der Waals surface area contributed by atoms with Crippen LogP contribution in [0, 0.1) is 0 Å². The second-order valence-electron chi connectivity index (χ2n) is 5.05. The fourth-order valence-corrected chi connectivity index (χ4v) is 3.40. The Labute approximate surface area is 139 Å². The van der Waals surface area contributed by atoms with Gasteiger partial charge in [0.1, 0.15) is 0 Å². The number of carbonyl (C=O) groups is 1. The highest BCUT2D eigenvalue weighted by molar-refractivity contribution is 7.92. The number of benzene rings is 1. The number of nitrogens with zero attached hydrogens (tertiary/aromatic N) is 1. The van der Waals surface area contributed by atoms with Gasteiger partial charge in [0.05, 0.1) is 10.0 Å². The van der Waals surface area contributed by atoms with E-state index in [1.165, 1.54) is 6.07 Å². The number of amides is 1. The van der Waals surface area contributed by atoms with E-state index in [0.29, 0.717) is 35.1 Å². The number of rotatable bonds is 4. The van der Waals surface area contributed by atoms with Gasteiger partial charge in [-0.3, -0.25) is 4.79 Å². The zero-order valence-corrected chi connectivity index (χ0v) is 14.1. The minimum Gasteiger partial charge on any atom is -0.337 e. The normalized spacial score (nSPS) is 19.0. The molecule has 0 spiro atoms. The Morgan fingerprint density at radius 1 is 1.36 bits per heavy atom. The Morgan fingerprint density at radius 3 is 2.73 bits per heavy atom. The molecule has 8 heteroatoms. The molecule has 1 amide bonds. The fourth-order valence-electron chi connectivity index (χ4n) is 2.35. The van der Waals surface area contributed by atoms with Crippen LogP contribution in [0.25, 0.3) is 0 Å². The standard InChI is InChI=1S/C14H16Cl2N2O3S/c1-2-22(20,21)17-11-4-3-7-18(9-11)14(19)10-5-6-12(15)13(16)8-10/h2,5-6,8,11,17H,1,3-4,7,9H2/t11-/m0/s1. The molecule has 0 unspecified atom stereocenters. The second-order valence-corrected chi connectivity index (χ2v) is 7.52. The van der Waals surface area contributed by atoms with Crippen molar-refractivity contribution in [3.05, 3.63) is 45.8 Å². The number of carbonyl (C=O) groups excluding carboxylic acids is 1. The number of hydrogen-bond donors (Lipinski definition) is 1. The summed E-state index contributed by atoms with van der Waals surface area (Å²) < 4.78 is 25.6. The first kappa shape index (κ1) is 17.3. The average molecular weight is 363 g/mol. The molecule has 1 heterocycles. The van der Waals surface area contributed by atoms with Crippen molar-refractivity contribution in [2.24, 2.45) is 0 Å². The topological polar surface area (TPSA) is 66.5 Å². The van der Waals surface area contributed by atoms with Gasteiger partial charge in [-0.2, -0.15) is 0 Å². The summed E-state index contributed by atoms with van der Waals surface area (Å²) in [4.78, 5) is 14.1. The van der Waals surface area contributed by atoms with Crippen molar-refractivity contribution in [1.82, 2.24) is 9.62 Å². The monoisotopic (exact) mass is 362 g/mol. The van der Waals surface area contributed by atoms with E-state index < -0.39 is 10.0 Å². The van der Waals surface area contributed by atoms with E-state index in [1.54, 1.807) is 17.0 Å². The van der Waals surface area contributed by atoms with Crippen LogP contribution in [-0.4, -0.2) is 38.4 Å². The summed E-state index contributed by atoms with van der Waals surface area (Å²) in [5.74, 6) is -0.193. The summed E-state index contributed by atoms with van der Waals surface area (Å²) in [5, 5.41) is 1.56. The van der Waals surface area contributed by atoms with E-state index >= 15 is 0 Å². The molecule has 5 nitrogen and oxygen atoms in total. The maximum absolute atomic E-state index is 12.5. The summed E-state index contributed by atoms with van der Waals surface area (Å²) in [7, 11) is -3.51. The number of nitrogens with one attached hydrogen (secondary N) is 1. The van der Waals surface area contributed by atoms with Crippen molar-refractivity contribution < 1.29 is 13.2 Å². The van der Waals surface area contributed by atoms with Crippen LogP contribution in [0.3, 0.4) is 0 Å². The highest BCUT2D eigenvalue weighted by atomic mass is 35.5. The van der Waals surface area contributed by atoms with Crippen LogP contribution >= 0.6 is 23.2 Å². The molecule has 0 bridgehead atoms. The number of piperidine rings is 1. The Kier molecular flexibility index (Phi) is 5.50. The van der Waals surface area contributed by atoms with Crippen molar-refractivity contribution in [3.8, 4) is 0 Å². The Balaban J connectivity index is 2.10. The van der Waals surface area contributed by atoms with E-state index in [1.807, 2.05) is 0 Å². The molecule has 2 rings (SSSR count). The average Bonchev–Trinajstić information content (AvgIpc) is 2.49. The molecule has 1 aliphatic heterocycles. The summed E-state index contributed by atoms with van der Waals surface area (Å²) in [6.45, 7) is 4.15. The van der Waals surface area contributed by atoms with Gasteiger partial charge in [-0.25, -0.2) is 13.1 Å². The number of halogens is 2. The zero-order chi connectivity index (χ0) is 16.3. The maximum atomic E-state index is 12.5. The molecule has 22 heavy (non-hydrogen) atoms. The summed E-state index contributed by atoms with van der Waals surface area (Å²) >= 11 is 11.8. The summed E-state index contributed by atoms with van der Waals surface area (Å²) in [6, 6.07) is 4.38. The van der Waals surface area contributed by atoms with Crippen LogP contribution in [-0.2, 0) is 10.0 Å². The molecule has 0 saturated carbocycles. The lowest BCUT2D eigenvalue weighted by molar-refractivity contribution is 0.0703. The van der Waals surface area contributed by atoms with Crippen molar-refractivity contribution in [1.29, 1.82) is 0 Å². The number of hydrogen-bond acceptors (Lipinski definition) is 3. The van der Waals surface area contributed by atoms with Gasteiger partial charge in [-0.1, -0.05) is 29.8 Å². The van der Waals surface area contributed by atoms with E-state index in [-0.39, 0.29) is 11.9 Å². The van der Waals surface area contributed by atoms with Gasteiger partial charge < -0.3 is 4.90 Å². The fraction of sp³-hybridized carbons (Fsp3) is 0.357. The molecule has 1 fully saturated rings. The van der Waals surface area contributed by atoms with Gasteiger partial charge >= 0.3 is 0 Å². The van der Waals surface area contributed by atoms with E-state index in [0.717, 1.165) is 11.8 Å². The molecule has 1 aliphatic rings. The first-order chi connectivity index (χ1) is 10.3. The quantitative estimate of drug-likeness (QED) is 0.895. The minimum absolute atomic E-state index is 0.193.